The molecule has 2 aromatic heterocycles. The van der Waals surface area contributed by atoms with Crippen molar-refractivity contribution in [1.29, 1.82) is 0 Å². The Hall–Kier alpha value is -3.16. The molecule has 2 heterocycles. The number of nitrogens with one attached hydrogen (secondary N) is 2. The molecular formula is C17H20N6O2. The molecule has 130 valence electrons. The molecule has 0 saturated carbocycles. The summed E-state index contributed by atoms with van der Waals surface area (Å²) >= 11 is 0. The second-order valence-electron chi connectivity index (χ2n) is 5.51. The number of carbonyl (C=O) groups is 1. The van der Waals surface area contributed by atoms with Gasteiger partial charge < -0.3 is 19.9 Å². The van der Waals surface area contributed by atoms with Gasteiger partial charge in [-0.15, -0.1) is 0 Å². The second kappa shape index (κ2) is 7.61. The van der Waals surface area contributed by atoms with Gasteiger partial charge >= 0.3 is 0 Å². The van der Waals surface area contributed by atoms with E-state index in [4.69, 9.17) is 4.74 Å². The Kier molecular flexibility index (Phi) is 5.08. The lowest BCUT2D eigenvalue weighted by atomic mass is 10.2. The van der Waals surface area contributed by atoms with E-state index in [1.165, 1.54) is 6.33 Å². The minimum absolute atomic E-state index is 0.101. The van der Waals surface area contributed by atoms with E-state index in [1.807, 2.05) is 31.2 Å². The number of ether oxygens (including phenoxy) is 1. The van der Waals surface area contributed by atoms with Crippen LogP contribution in [0.2, 0.25) is 0 Å². The number of hydrogen-bond acceptors (Lipinski definition) is 6. The number of rotatable bonds is 7. The molecule has 3 rings (SSSR count). The van der Waals surface area contributed by atoms with E-state index in [0.29, 0.717) is 30.1 Å². The fourth-order valence-electron chi connectivity index (χ4n) is 2.50. The summed E-state index contributed by atoms with van der Waals surface area (Å²) in [6.45, 7) is 3.17. The van der Waals surface area contributed by atoms with E-state index in [0.717, 1.165) is 11.3 Å². The summed E-state index contributed by atoms with van der Waals surface area (Å²) in [7, 11) is 1.80. The summed E-state index contributed by atoms with van der Waals surface area (Å²) in [6, 6.07) is 7.68. The van der Waals surface area contributed by atoms with Crippen molar-refractivity contribution in [2.24, 2.45) is 0 Å². The standard InChI is InChI=1S/C17H20N6O2/c1-3-25-13-6-4-5-12(7-13)8-18-14(24)9-23(2)17-15-16(20-10-19-15)21-11-22-17/h4-7,10-11H,3,8-9H2,1-2H3,(H,18,24)(H,19,20,21,22). The Morgan fingerprint density at radius 3 is 3.04 bits per heavy atom. The minimum Gasteiger partial charge on any atom is -0.494 e. The third kappa shape index (κ3) is 4.03. The molecule has 8 nitrogen and oxygen atoms in total. The first-order valence-electron chi connectivity index (χ1n) is 8.01. The Labute approximate surface area is 145 Å². The highest BCUT2D eigenvalue weighted by Crippen LogP contribution is 2.18. The number of benzene rings is 1. The van der Waals surface area contributed by atoms with Crippen molar-refractivity contribution in [3.05, 3.63) is 42.5 Å². The first-order valence-corrected chi connectivity index (χ1v) is 8.01. The number of fused-ring (bicyclic) bond motifs is 1. The van der Waals surface area contributed by atoms with Crippen LogP contribution in [0.15, 0.2) is 36.9 Å². The summed E-state index contributed by atoms with van der Waals surface area (Å²) in [6.07, 6.45) is 2.99. The average Bonchev–Trinajstić information content (AvgIpc) is 3.09. The Morgan fingerprint density at radius 1 is 1.32 bits per heavy atom. The molecule has 0 bridgehead atoms. The van der Waals surface area contributed by atoms with Gasteiger partial charge in [0, 0.05) is 13.6 Å². The zero-order chi connectivity index (χ0) is 17.6. The maximum Gasteiger partial charge on any atom is 0.239 e. The number of likely N-dealkylation sites (N-methyl/N-ethyl adjacent to an activating group) is 1. The number of nitrogens with zero attached hydrogens (tertiary/aromatic N) is 4. The molecule has 1 amide bonds. The number of anilines is 1. The molecule has 0 aliphatic rings. The lowest BCUT2D eigenvalue weighted by Gasteiger charge is -2.17. The van der Waals surface area contributed by atoms with Crippen LogP contribution in [0.3, 0.4) is 0 Å². The quantitative estimate of drug-likeness (QED) is 0.677. The van der Waals surface area contributed by atoms with E-state index in [2.05, 4.69) is 25.3 Å². The van der Waals surface area contributed by atoms with E-state index >= 15 is 0 Å². The fourth-order valence-corrected chi connectivity index (χ4v) is 2.50. The van der Waals surface area contributed by atoms with Crippen molar-refractivity contribution in [2.45, 2.75) is 13.5 Å². The summed E-state index contributed by atoms with van der Waals surface area (Å²) in [4.78, 5) is 29.4. The monoisotopic (exact) mass is 340 g/mol. The maximum absolute atomic E-state index is 12.2. The number of carbonyl (C=O) groups excluding carboxylic acids is 1. The number of aromatic nitrogens is 4. The van der Waals surface area contributed by atoms with Crippen molar-refractivity contribution in [1.82, 2.24) is 25.3 Å². The largest absolute Gasteiger partial charge is 0.494 e. The molecule has 2 N–H and O–H groups in total. The van der Waals surface area contributed by atoms with Gasteiger partial charge in [-0.05, 0) is 24.6 Å². The highest BCUT2D eigenvalue weighted by molar-refractivity contribution is 5.86. The van der Waals surface area contributed by atoms with Crippen LogP contribution in [0, 0.1) is 0 Å². The lowest BCUT2D eigenvalue weighted by Crippen LogP contribution is -2.35. The van der Waals surface area contributed by atoms with Gasteiger partial charge in [0.25, 0.3) is 0 Å². The van der Waals surface area contributed by atoms with Gasteiger partial charge in [-0.3, -0.25) is 4.79 Å². The summed E-state index contributed by atoms with van der Waals surface area (Å²) in [5, 5.41) is 2.91. The van der Waals surface area contributed by atoms with E-state index in [9.17, 15) is 4.79 Å². The topological polar surface area (TPSA) is 96.0 Å². The highest BCUT2D eigenvalue weighted by Gasteiger charge is 2.13. The number of hydrogen-bond donors (Lipinski definition) is 2. The number of H-pyrrole nitrogens is 1. The Balaban J connectivity index is 1.59. The van der Waals surface area contributed by atoms with Crippen molar-refractivity contribution < 1.29 is 9.53 Å². The van der Waals surface area contributed by atoms with Crippen LogP contribution in [0.4, 0.5) is 5.82 Å². The maximum atomic E-state index is 12.2. The smallest absolute Gasteiger partial charge is 0.239 e. The van der Waals surface area contributed by atoms with E-state index < -0.39 is 0 Å². The van der Waals surface area contributed by atoms with Crippen LogP contribution >= 0.6 is 0 Å². The predicted molar refractivity (Wildman–Crippen MR) is 94.4 cm³/mol. The molecule has 0 saturated heterocycles. The van der Waals surface area contributed by atoms with Crippen molar-refractivity contribution in [2.75, 3.05) is 25.1 Å². The van der Waals surface area contributed by atoms with Crippen LogP contribution in [-0.2, 0) is 11.3 Å². The average molecular weight is 340 g/mol. The molecule has 0 aliphatic carbocycles. The fraction of sp³-hybridized carbons (Fsp3) is 0.294. The van der Waals surface area contributed by atoms with Gasteiger partial charge in [0.1, 0.15) is 17.6 Å². The predicted octanol–water partition coefficient (Wildman–Crippen LogP) is 1.50. The Morgan fingerprint density at radius 2 is 2.20 bits per heavy atom. The molecular weight excluding hydrogens is 320 g/mol. The van der Waals surface area contributed by atoms with Crippen molar-refractivity contribution in [3.8, 4) is 5.75 Å². The van der Waals surface area contributed by atoms with E-state index in [-0.39, 0.29) is 12.5 Å². The van der Waals surface area contributed by atoms with Crippen molar-refractivity contribution in [3.63, 3.8) is 0 Å². The summed E-state index contributed by atoms with van der Waals surface area (Å²) < 4.78 is 5.46. The summed E-state index contributed by atoms with van der Waals surface area (Å²) in [5.74, 6) is 1.33. The zero-order valence-electron chi connectivity index (χ0n) is 14.2. The van der Waals surface area contributed by atoms with Crippen LogP contribution in [0.1, 0.15) is 12.5 Å². The molecule has 0 unspecified atom stereocenters. The van der Waals surface area contributed by atoms with Gasteiger partial charge in [-0.2, -0.15) is 0 Å². The summed E-state index contributed by atoms with van der Waals surface area (Å²) in [5.41, 5.74) is 2.27. The van der Waals surface area contributed by atoms with Crippen molar-refractivity contribution >= 4 is 22.9 Å². The van der Waals surface area contributed by atoms with E-state index in [1.54, 1.807) is 18.3 Å². The lowest BCUT2D eigenvalue weighted by molar-refractivity contribution is -0.119. The van der Waals surface area contributed by atoms with Crippen LogP contribution in [-0.4, -0.2) is 46.0 Å². The molecule has 1 aromatic carbocycles. The molecule has 3 aromatic rings. The number of imidazole rings is 1. The normalized spacial score (nSPS) is 10.6. The third-order valence-electron chi connectivity index (χ3n) is 3.64. The molecule has 0 radical (unpaired) electrons. The van der Waals surface area contributed by atoms with Gasteiger partial charge in [0.05, 0.1) is 19.5 Å². The van der Waals surface area contributed by atoms with Crippen LogP contribution < -0.4 is 15.0 Å². The van der Waals surface area contributed by atoms with Gasteiger partial charge in [0.2, 0.25) is 5.91 Å². The Bertz CT molecular complexity index is 863. The van der Waals surface area contributed by atoms with Gasteiger partial charge in [0.15, 0.2) is 11.5 Å². The number of amides is 1. The first kappa shape index (κ1) is 16.7. The van der Waals surface area contributed by atoms with Crippen LogP contribution in [0.5, 0.6) is 5.75 Å². The first-order chi connectivity index (χ1) is 12.2. The SMILES string of the molecule is CCOc1cccc(CNC(=O)CN(C)c2ncnc3nc[nH]c23)c1. The molecule has 0 spiro atoms. The minimum atomic E-state index is -0.101. The number of aromatic amines is 1. The highest BCUT2D eigenvalue weighted by atomic mass is 16.5. The van der Waals surface area contributed by atoms with Crippen LogP contribution in [0.25, 0.3) is 11.2 Å². The molecule has 8 heteroatoms. The van der Waals surface area contributed by atoms with Gasteiger partial charge in [-0.25, -0.2) is 15.0 Å². The molecule has 0 aliphatic heterocycles. The molecule has 0 fully saturated rings. The third-order valence-corrected chi connectivity index (χ3v) is 3.64. The van der Waals surface area contributed by atoms with Gasteiger partial charge in [-0.1, -0.05) is 12.1 Å². The zero-order valence-corrected chi connectivity index (χ0v) is 14.2. The molecule has 25 heavy (non-hydrogen) atoms. The second-order valence-corrected chi connectivity index (χ2v) is 5.51. The molecule has 0 atom stereocenters.